The minimum absolute atomic E-state index is 0.0801. The van der Waals surface area contributed by atoms with E-state index >= 15 is 0 Å². The Morgan fingerprint density at radius 1 is 0.956 bits per heavy atom. The topological polar surface area (TPSA) is 104 Å². The highest BCUT2D eigenvalue weighted by Gasteiger charge is 2.51. The first-order valence-electron chi connectivity index (χ1n) is 16.1. The predicted molar refractivity (Wildman–Crippen MR) is 174 cm³/mol. The molecule has 0 N–H and O–H groups in total. The standard InChI is InChI=1S/C34H55BN2O8/c1-31(2,3)42-28(38)23-25(15-16-37-17-19-41-20-18-37)29(39)36(11)27(30(40)43-32(4,5)6)22-24-13-12-14-26(21-24)35-44-33(7,8)34(9,10)45-35/h12-14,21,25,27H,15-20,22-23H2,1-11H3/t25-,27+/m1/s1. The van der Waals surface area contributed by atoms with Gasteiger partial charge in [-0.05, 0) is 93.2 Å². The molecule has 3 rings (SSSR count). The van der Waals surface area contributed by atoms with Crippen LogP contribution < -0.4 is 5.46 Å². The molecule has 2 saturated heterocycles. The molecule has 1 amide bonds. The number of hydrogen-bond donors (Lipinski definition) is 0. The maximum Gasteiger partial charge on any atom is 0.494 e. The molecule has 2 heterocycles. The number of benzene rings is 1. The average Bonchev–Trinajstić information content (AvgIpc) is 3.14. The van der Waals surface area contributed by atoms with E-state index in [1.807, 2.05) is 52.0 Å². The monoisotopic (exact) mass is 630 g/mol. The second kappa shape index (κ2) is 14.5. The van der Waals surface area contributed by atoms with E-state index in [0.29, 0.717) is 26.2 Å². The zero-order valence-electron chi connectivity index (χ0n) is 29.4. The van der Waals surface area contributed by atoms with Crippen molar-refractivity contribution in [3.8, 4) is 0 Å². The van der Waals surface area contributed by atoms with Crippen LogP contribution in [0, 0.1) is 5.92 Å². The lowest BCUT2D eigenvalue weighted by atomic mass is 9.78. The van der Waals surface area contributed by atoms with E-state index in [1.165, 1.54) is 4.90 Å². The molecule has 0 saturated carbocycles. The van der Waals surface area contributed by atoms with Crippen molar-refractivity contribution < 1.29 is 37.9 Å². The summed E-state index contributed by atoms with van der Waals surface area (Å²) in [6, 6.07) is 6.79. The van der Waals surface area contributed by atoms with Crippen LogP contribution in [0.3, 0.4) is 0 Å². The Kier molecular flexibility index (Phi) is 11.9. The van der Waals surface area contributed by atoms with Crippen molar-refractivity contribution in [2.24, 2.45) is 5.92 Å². The van der Waals surface area contributed by atoms with E-state index in [0.717, 1.165) is 24.1 Å². The lowest BCUT2D eigenvalue weighted by Crippen LogP contribution is -2.49. The molecule has 0 aliphatic carbocycles. The van der Waals surface area contributed by atoms with Crippen molar-refractivity contribution >= 4 is 30.4 Å². The van der Waals surface area contributed by atoms with Gasteiger partial charge in [0.1, 0.15) is 17.2 Å². The molecule has 252 valence electrons. The number of esters is 2. The van der Waals surface area contributed by atoms with E-state index in [-0.39, 0.29) is 18.7 Å². The number of hydrogen-bond acceptors (Lipinski definition) is 9. The summed E-state index contributed by atoms with van der Waals surface area (Å²) < 4.78 is 29.4. The molecule has 0 aromatic heterocycles. The van der Waals surface area contributed by atoms with E-state index in [4.69, 9.17) is 23.5 Å². The maximum atomic E-state index is 14.2. The Morgan fingerprint density at radius 2 is 1.53 bits per heavy atom. The fraction of sp³-hybridized carbons (Fsp3) is 0.735. The molecule has 11 heteroatoms. The highest BCUT2D eigenvalue weighted by molar-refractivity contribution is 6.62. The van der Waals surface area contributed by atoms with Gasteiger partial charge in [-0.2, -0.15) is 0 Å². The van der Waals surface area contributed by atoms with Crippen LogP contribution in [0.15, 0.2) is 24.3 Å². The largest absolute Gasteiger partial charge is 0.494 e. The molecular weight excluding hydrogens is 575 g/mol. The second-order valence-electron chi connectivity index (χ2n) is 15.3. The van der Waals surface area contributed by atoms with Gasteiger partial charge >= 0.3 is 19.1 Å². The Hall–Kier alpha value is -2.47. The van der Waals surface area contributed by atoms with Gasteiger partial charge in [0.2, 0.25) is 5.91 Å². The van der Waals surface area contributed by atoms with Crippen molar-refractivity contribution in [3.63, 3.8) is 0 Å². The molecule has 2 atom stereocenters. The fourth-order valence-corrected chi connectivity index (χ4v) is 5.32. The summed E-state index contributed by atoms with van der Waals surface area (Å²) in [4.78, 5) is 44.5. The summed E-state index contributed by atoms with van der Waals surface area (Å²) in [6.07, 6.45) is 0.581. The first-order chi connectivity index (χ1) is 20.7. The van der Waals surface area contributed by atoms with E-state index in [1.54, 1.807) is 48.6 Å². The summed E-state index contributed by atoms with van der Waals surface area (Å²) in [5.74, 6) is -1.93. The number of likely N-dealkylation sites (N-methyl/N-ethyl adjacent to an activating group) is 1. The summed E-state index contributed by atoms with van der Waals surface area (Å²) >= 11 is 0. The molecule has 2 aliphatic rings. The van der Waals surface area contributed by atoms with Crippen LogP contribution in [-0.4, -0.2) is 103 Å². The Labute approximate surface area is 270 Å². The molecule has 45 heavy (non-hydrogen) atoms. The minimum Gasteiger partial charge on any atom is -0.460 e. The van der Waals surface area contributed by atoms with Gasteiger partial charge in [-0.1, -0.05) is 24.3 Å². The number of ether oxygens (including phenoxy) is 3. The average molecular weight is 631 g/mol. The van der Waals surface area contributed by atoms with E-state index < -0.39 is 53.4 Å². The van der Waals surface area contributed by atoms with Crippen molar-refractivity contribution in [3.05, 3.63) is 29.8 Å². The van der Waals surface area contributed by atoms with Gasteiger partial charge in [-0.15, -0.1) is 0 Å². The van der Waals surface area contributed by atoms with Crippen LogP contribution in [0.2, 0.25) is 0 Å². The van der Waals surface area contributed by atoms with Crippen LogP contribution in [0.4, 0.5) is 0 Å². The molecule has 0 bridgehead atoms. The molecular formula is C34H55BN2O8. The van der Waals surface area contributed by atoms with Gasteiger partial charge < -0.3 is 28.4 Å². The first-order valence-corrected chi connectivity index (χ1v) is 16.1. The lowest BCUT2D eigenvalue weighted by Gasteiger charge is -2.33. The minimum atomic E-state index is -0.921. The number of carbonyl (C=O) groups is 3. The van der Waals surface area contributed by atoms with Gasteiger partial charge in [-0.3, -0.25) is 14.5 Å². The fourth-order valence-electron chi connectivity index (χ4n) is 5.32. The molecule has 2 fully saturated rings. The van der Waals surface area contributed by atoms with Crippen molar-refractivity contribution in [1.29, 1.82) is 0 Å². The lowest BCUT2D eigenvalue weighted by molar-refractivity contribution is -0.165. The van der Waals surface area contributed by atoms with Gasteiger partial charge in [0.15, 0.2) is 0 Å². The first kappa shape index (κ1) is 37.0. The third-order valence-electron chi connectivity index (χ3n) is 8.48. The Balaban J connectivity index is 1.87. The number of rotatable bonds is 11. The summed E-state index contributed by atoms with van der Waals surface area (Å²) in [6.45, 7) is 22.3. The smallest absolute Gasteiger partial charge is 0.460 e. The Morgan fingerprint density at radius 3 is 2.09 bits per heavy atom. The van der Waals surface area contributed by atoms with Gasteiger partial charge in [-0.25, -0.2) is 4.79 Å². The summed E-state index contributed by atoms with van der Waals surface area (Å²) in [5.41, 5.74) is -0.767. The molecule has 2 aliphatic heterocycles. The van der Waals surface area contributed by atoms with Crippen LogP contribution in [0.25, 0.3) is 0 Å². The molecule has 1 aromatic carbocycles. The normalized spacial score (nSPS) is 19.9. The number of amides is 1. The summed E-state index contributed by atoms with van der Waals surface area (Å²) in [5, 5.41) is 0. The van der Waals surface area contributed by atoms with Crippen molar-refractivity contribution in [2.75, 3.05) is 39.9 Å². The highest BCUT2D eigenvalue weighted by Crippen LogP contribution is 2.36. The third kappa shape index (κ3) is 10.8. The number of morpholine rings is 1. The molecule has 0 spiro atoms. The van der Waals surface area contributed by atoms with Crippen LogP contribution in [-0.2, 0) is 44.3 Å². The van der Waals surface area contributed by atoms with E-state index in [2.05, 4.69) is 4.90 Å². The van der Waals surface area contributed by atoms with Crippen LogP contribution in [0.5, 0.6) is 0 Å². The zero-order valence-corrected chi connectivity index (χ0v) is 29.4. The SMILES string of the molecule is CN(C(=O)[C@H](CCN1CCOCC1)CC(=O)OC(C)(C)C)[C@@H](Cc1cccc(B2OC(C)(C)C(C)(C)O2)c1)C(=O)OC(C)(C)C. The summed E-state index contributed by atoms with van der Waals surface area (Å²) in [7, 11) is 1.05. The van der Waals surface area contributed by atoms with Crippen molar-refractivity contribution in [2.45, 2.75) is 117 Å². The Bertz CT molecular complexity index is 1170. The van der Waals surface area contributed by atoms with Crippen LogP contribution in [0.1, 0.15) is 87.6 Å². The van der Waals surface area contributed by atoms with Crippen molar-refractivity contribution in [1.82, 2.24) is 9.80 Å². The van der Waals surface area contributed by atoms with Gasteiger partial charge in [0, 0.05) is 32.5 Å². The van der Waals surface area contributed by atoms with Gasteiger partial charge in [0.05, 0.1) is 30.8 Å². The van der Waals surface area contributed by atoms with Gasteiger partial charge in [0.25, 0.3) is 0 Å². The quantitative estimate of drug-likeness (QED) is 0.267. The molecule has 1 aromatic rings. The third-order valence-corrected chi connectivity index (χ3v) is 8.48. The van der Waals surface area contributed by atoms with Crippen LogP contribution >= 0.6 is 0 Å². The zero-order chi connectivity index (χ0) is 33.8. The molecule has 0 radical (unpaired) electrons. The highest BCUT2D eigenvalue weighted by atomic mass is 16.7. The second-order valence-corrected chi connectivity index (χ2v) is 15.3. The maximum absolute atomic E-state index is 14.2. The molecule has 0 unspecified atom stereocenters. The number of carbonyl (C=O) groups excluding carboxylic acids is 3. The molecule has 10 nitrogen and oxygen atoms in total. The predicted octanol–water partition coefficient (Wildman–Crippen LogP) is 3.77. The van der Waals surface area contributed by atoms with E-state index in [9.17, 15) is 14.4 Å². The number of nitrogens with zero attached hydrogens (tertiary/aromatic N) is 2.